The first-order valence-electron chi connectivity index (χ1n) is 12.5. The van der Waals surface area contributed by atoms with E-state index in [0.717, 1.165) is 4.90 Å². The van der Waals surface area contributed by atoms with Crippen molar-refractivity contribution in [2.45, 2.75) is 63.1 Å². The van der Waals surface area contributed by atoms with Crippen molar-refractivity contribution in [3.05, 3.63) is 47.4 Å². The summed E-state index contributed by atoms with van der Waals surface area (Å²) < 4.78 is 5.64. The molecule has 2 atom stereocenters. The lowest BCUT2D eigenvalue weighted by molar-refractivity contribution is -0.152. The maximum atomic E-state index is 13.1. The van der Waals surface area contributed by atoms with Crippen LogP contribution in [0.2, 0.25) is 0 Å². The van der Waals surface area contributed by atoms with E-state index < -0.39 is 35.8 Å². The average molecular weight is 578 g/mol. The quantitative estimate of drug-likeness (QED) is 0.117. The summed E-state index contributed by atoms with van der Waals surface area (Å²) in [6.07, 6.45) is 6.69. The van der Waals surface area contributed by atoms with Gasteiger partial charge in [-0.25, -0.2) is 9.78 Å². The largest absolute Gasteiger partial charge is 0.456 e. The number of amides is 3. The minimum absolute atomic E-state index is 0.00333. The second-order valence-corrected chi connectivity index (χ2v) is 10.7. The summed E-state index contributed by atoms with van der Waals surface area (Å²) in [6.45, 7) is 3.39. The molecule has 0 radical (unpaired) electrons. The van der Waals surface area contributed by atoms with E-state index in [-0.39, 0.29) is 42.4 Å². The van der Waals surface area contributed by atoms with Crippen molar-refractivity contribution in [1.29, 1.82) is 0 Å². The van der Waals surface area contributed by atoms with Gasteiger partial charge in [-0.1, -0.05) is 23.9 Å². The highest BCUT2D eigenvalue weighted by Gasteiger charge is 2.27. The Balaban J connectivity index is 2.39. The molecule has 212 valence electrons. The van der Waals surface area contributed by atoms with Gasteiger partial charge < -0.3 is 26.4 Å². The van der Waals surface area contributed by atoms with Gasteiger partial charge in [-0.2, -0.15) is 0 Å². The third-order valence-electron chi connectivity index (χ3n) is 5.45. The van der Waals surface area contributed by atoms with Crippen LogP contribution in [0.25, 0.3) is 0 Å². The zero-order valence-electron chi connectivity index (χ0n) is 22.3. The summed E-state index contributed by atoms with van der Waals surface area (Å²) in [5.41, 5.74) is 6.10. The molecule has 2 rings (SSSR count). The number of allylic oxidation sites excluding steroid dienone is 2. The molecule has 2 bridgehead atoms. The van der Waals surface area contributed by atoms with Crippen LogP contribution in [-0.4, -0.2) is 64.5 Å². The van der Waals surface area contributed by atoms with Crippen molar-refractivity contribution < 1.29 is 28.7 Å². The Bertz CT molecular complexity index is 1120. The summed E-state index contributed by atoms with van der Waals surface area (Å²) >= 11 is 2.58. The Hall–Kier alpha value is -3.16. The first-order valence-corrected chi connectivity index (χ1v) is 14.7. The lowest BCUT2D eigenvalue weighted by Gasteiger charge is -2.22. The third-order valence-corrected chi connectivity index (χ3v) is 7.00. The van der Waals surface area contributed by atoms with E-state index in [1.807, 2.05) is 6.26 Å². The molecule has 1 aromatic heterocycles. The molecule has 11 nitrogen and oxygen atoms in total. The second-order valence-electron chi connectivity index (χ2n) is 8.51. The first kappa shape index (κ1) is 32.1. The highest BCUT2D eigenvalue weighted by molar-refractivity contribution is 8.13. The van der Waals surface area contributed by atoms with E-state index >= 15 is 0 Å². The molecule has 0 unspecified atom stereocenters. The molecule has 1 aliphatic heterocycles. The summed E-state index contributed by atoms with van der Waals surface area (Å²) in [5.74, 6) is -1.87. The lowest BCUT2D eigenvalue weighted by Crippen LogP contribution is -2.46. The fraction of sp³-hybridized carbons (Fsp3) is 0.462. The van der Waals surface area contributed by atoms with E-state index in [4.69, 9.17) is 10.5 Å². The smallest absolute Gasteiger partial charge is 0.329 e. The molecule has 1 aliphatic rings. The summed E-state index contributed by atoms with van der Waals surface area (Å²) in [4.78, 5) is 68.1. The minimum atomic E-state index is -1.06. The van der Waals surface area contributed by atoms with E-state index in [0.29, 0.717) is 24.3 Å². The summed E-state index contributed by atoms with van der Waals surface area (Å²) in [7, 11) is 0. The van der Waals surface area contributed by atoms with Crippen LogP contribution in [0.4, 0.5) is 0 Å². The number of nitrogens with one attached hydrogen (secondary N) is 3. The number of carbonyl (C=O) groups excluding carboxylic acids is 5. The van der Waals surface area contributed by atoms with E-state index in [2.05, 4.69) is 20.9 Å². The zero-order valence-corrected chi connectivity index (χ0v) is 23.9. The molecular formula is C26H35N5O6S2. The van der Waals surface area contributed by atoms with Crippen molar-refractivity contribution in [3.8, 4) is 0 Å². The van der Waals surface area contributed by atoms with E-state index in [1.165, 1.54) is 36.5 Å². The number of nitrogens with zero attached hydrogens (tertiary/aromatic N) is 1. The Morgan fingerprint density at radius 2 is 2.00 bits per heavy atom. The van der Waals surface area contributed by atoms with Crippen LogP contribution < -0.4 is 21.7 Å². The van der Waals surface area contributed by atoms with Crippen LogP contribution in [0.15, 0.2) is 41.0 Å². The monoisotopic (exact) mass is 577 g/mol. The van der Waals surface area contributed by atoms with Crippen LogP contribution in [-0.2, 0) is 30.5 Å². The second kappa shape index (κ2) is 16.7. The van der Waals surface area contributed by atoms with Crippen molar-refractivity contribution in [1.82, 2.24) is 20.9 Å². The molecule has 0 saturated carbocycles. The molecule has 0 aromatic carbocycles. The number of esters is 1. The number of fused-ring (bicyclic) bond motifs is 2. The Labute approximate surface area is 236 Å². The summed E-state index contributed by atoms with van der Waals surface area (Å²) in [6, 6.07) is 2.28. The topological polar surface area (TPSA) is 170 Å². The minimum Gasteiger partial charge on any atom is -0.456 e. The van der Waals surface area contributed by atoms with Gasteiger partial charge in [-0.15, -0.1) is 11.8 Å². The first-order chi connectivity index (χ1) is 18.7. The number of rotatable bonds is 8. The van der Waals surface area contributed by atoms with E-state index in [9.17, 15) is 24.0 Å². The van der Waals surface area contributed by atoms with Crippen LogP contribution in [0.3, 0.4) is 0 Å². The molecule has 0 fully saturated rings. The molecule has 39 heavy (non-hydrogen) atoms. The van der Waals surface area contributed by atoms with Gasteiger partial charge in [0.1, 0.15) is 23.5 Å². The third kappa shape index (κ3) is 11.2. The number of cyclic esters (lactones) is 1. The van der Waals surface area contributed by atoms with Gasteiger partial charge in [0.2, 0.25) is 5.91 Å². The van der Waals surface area contributed by atoms with E-state index in [1.54, 1.807) is 31.2 Å². The number of hydrogen-bond donors (Lipinski definition) is 4. The average Bonchev–Trinajstić information content (AvgIpc) is 2.91. The number of hydrogen-bond acceptors (Lipinski definition) is 10. The van der Waals surface area contributed by atoms with Crippen LogP contribution in [0.5, 0.6) is 0 Å². The number of aromatic nitrogens is 1. The summed E-state index contributed by atoms with van der Waals surface area (Å²) in [5, 5.41) is 7.92. The van der Waals surface area contributed by atoms with Gasteiger partial charge >= 0.3 is 5.97 Å². The maximum Gasteiger partial charge on any atom is 0.329 e. The van der Waals surface area contributed by atoms with Crippen molar-refractivity contribution in [2.75, 3.05) is 18.6 Å². The highest BCUT2D eigenvalue weighted by atomic mass is 32.2. The Morgan fingerprint density at radius 1 is 1.23 bits per heavy atom. The van der Waals surface area contributed by atoms with Crippen molar-refractivity contribution in [3.63, 3.8) is 0 Å². The number of carbonyl (C=O) groups is 5. The predicted octanol–water partition coefficient (Wildman–Crippen LogP) is 1.82. The van der Waals surface area contributed by atoms with Gasteiger partial charge in [0.05, 0.1) is 18.7 Å². The van der Waals surface area contributed by atoms with Gasteiger partial charge in [-0.3, -0.25) is 19.2 Å². The SMILES string of the molecule is C/C=C1\NC(=O)c2cc(SC)cc(n2)CNC(=O)C[C@@H](/C=C/CCSC(C)=O)OC(=O)[C@H](CCCN)NC1=O. The number of ether oxygens (including phenoxy) is 1. The number of pyridine rings is 1. The highest BCUT2D eigenvalue weighted by Crippen LogP contribution is 2.18. The zero-order chi connectivity index (χ0) is 28.8. The number of thioether (sulfide) groups is 2. The molecular weight excluding hydrogens is 542 g/mol. The van der Waals surface area contributed by atoms with Gasteiger partial charge in [0.25, 0.3) is 11.8 Å². The fourth-order valence-electron chi connectivity index (χ4n) is 3.48. The number of nitrogens with two attached hydrogens (primary N) is 1. The van der Waals surface area contributed by atoms with Crippen LogP contribution in [0.1, 0.15) is 55.7 Å². The molecule has 1 aromatic rings. The molecule has 0 spiro atoms. The molecule has 0 aliphatic carbocycles. The van der Waals surface area contributed by atoms with Crippen molar-refractivity contribution >= 4 is 52.3 Å². The van der Waals surface area contributed by atoms with Gasteiger partial charge in [-0.05, 0) is 57.2 Å². The molecule has 3 amide bonds. The van der Waals surface area contributed by atoms with Crippen LogP contribution >= 0.6 is 23.5 Å². The molecule has 13 heteroatoms. The van der Waals surface area contributed by atoms with Gasteiger partial charge in [0.15, 0.2) is 5.12 Å². The lowest BCUT2D eigenvalue weighted by atomic mass is 10.1. The predicted molar refractivity (Wildman–Crippen MR) is 151 cm³/mol. The molecule has 2 heterocycles. The van der Waals surface area contributed by atoms with Crippen molar-refractivity contribution in [2.24, 2.45) is 5.73 Å². The van der Waals surface area contributed by atoms with Gasteiger partial charge in [0, 0.05) is 17.6 Å². The Kier molecular flexibility index (Phi) is 13.7. The maximum absolute atomic E-state index is 13.1. The molecule has 5 N–H and O–H groups in total. The molecule has 0 saturated heterocycles. The Morgan fingerprint density at radius 3 is 2.67 bits per heavy atom. The van der Waals surface area contributed by atoms with Crippen LogP contribution in [0, 0.1) is 0 Å². The fourth-order valence-corrected chi connectivity index (χ4v) is 4.51. The normalized spacial score (nSPS) is 20.4. The standard InChI is InChI=1S/C26H35N5O6S2/c1-4-20-24(34)31-21(9-7-10-27)26(36)37-18(8-5-6-11-39-16(2)32)13-23(33)28-15-17-12-19(38-3)14-22(29-17)25(35)30-20/h4-5,8,12,14,18,21H,6-7,9-11,13,15,27H2,1-3H3,(H,28,33)(H,30,35)(H,31,34)/b8-5+,20-4-/t18-,21+/m1/s1.